The number of likely N-dealkylation sites (N-methyl/N-ethyl adjacent to an activating group) is 1. The number of benzene rings is 3. The summed E-state index contributed by atoms with van der Waals surface area (Å²) in [6, 6.07) is 19.9. The van der Waals surface area contributed by atoms with Crippen molar-refractivity contribution in [3.63, 3.8) is 0 Å². The number of aliphatic hydroxyl groups is 1. The molecule has 0 heterocycles. The van der Waals surface area contributed by atoms with Crippen LogP contribution in [0.15, 0.2) is 60.7 Å². The zero-order valence-electron chi connectivity index (χ0n) is 19.0. The molecule has 0 saturated carbocycles. The first-order valence-corrected chi connectivity index (χ1v) is 10.9. The van der Waals surface area contributed by atoms with Gasteiger partial charge in [-0.3, -0.25) is 0 Å². The number of rotatable bonds is 11. The Balaban J connectivity index is 1.80. The number of nitrogens with zero attached hydrogens (tertiary/aromatic N) is 1. The lowest BCUT2D eigenvalue weighted by molar-refractivity contribution is 0.302. The summed E-state index contributed by atoms with van der Waals surface area (Å²) >= 11 is 0. The minimum absolute atomic E-state index is 0.131. The highest BCUT2D eigenvalue weighted by Crippen LogP contribution is 2.35. The van der Waals surface area contributed by atoms with Gasteiger partial charge in [-0.05, 0) is 74.5 Å². The number of nitrogens with two attached hydrogens (primary N) is 1. The van der Waals surface area contributed by atoms with Gasteiger partial charge in [0.2, 0.25) is 0 Å². The van der Waals surface area contributed by atoms with Gasteiger partial charge in [0, 0.05) is 37.2 Å². The van der Waals surface area contributed by atoms with Crippen LogP contribution < -0.4 is 31.3 Å². The molecule has 7 nitrogen and oxygen atoms in total. The van der Waals surface area contributed by atoms with Crippen LogP contribution in [0.25, 0.3) is 0 Å². The van der Waals surface area contributed by atoms with Crippen molar-refractivity contribution in [3.05, 3.63) is 60.7 Å². The minimum atomic E-state index is 0.131. The van der Waals surface area contributed by atoms with Gasteiger partial charge in [-0.25, -0.2) is 0 Å². The lowest BCUT2D eigenvalue weighted by Crippen LogP contribution is -2.25. The third-order valence-electron chi connectivity index (χ3n) is 5.17. The molecule has 0 spiro atoms. The average molecular weight is 436 g/mol. The molecule has 0 aliphatic carbocycles. The normalized spacial score (nSPS) is 10.5. The number of aliphatic hydroxyl groups excluding tert-OH is 1. The van der Waals surface area contributed by atoms with Crippen molar-refractivity contribution in [3.8, 4) is 5.75 Å². The van der Waals surface area contributed by atoms with Crippen LogP contribution in [0, 0.1) is 0 Å². The molecule has 0 saturated heterocycles. The number of nitrogen functional groups attached to an aromatic ring is 1. The van der Waals surface area contributed by atoms with E-state index in [-0.39, 0.29) is 6.61 Å². The number of hydrogen-bond donors (Lipinski definition) is 5. The predicted molar refractivity (Wildman–Crippen MR) is 136 cm³/mol. The zero-order chi connectivity index (χ0) is 22.9. The molecule has 0 aliphatic rings. The molecule has 0 atom stereocenters. The van der Waals surface area contributed by atoms with E-state index in [1.165, 1.54) is 0 Å². The van der Waals surface area contributed by atoms with Crippen LogP contribution in [-0.2, 0) is 0 Å². The maximum Gasteiger partial charge on any atom is 0.119 e. The van der Waals surface area contributed by atoms with Crippen LogP contribution in [0.4, 0.5) is 39.8 Å². The molecule has 170 valence electrons. The van der Waals surface area contributed by atoms with Crippen molar-refractivity contribution in [2.75, 3.05) is 59.9 Å². The van der Waals surface area contributed by atoms with Crippen LogP contribution in [0.5, 0.6) is 5.75 Å². The molecule has 0 aromatic heterocycles. The summed E-state index contributed by atoms with van der Waals surface area (Å²) in [7, 11) is 1.87. The second-order valence-corrected chi connectivity index (χ2v) is 7.29. The van der Waals surface area contributed by atoms with Crippen molar-refractivity contribution < 1.29 is 9.84 Å². The fourth-order valence-electron chi connectivity index (χ4n) is 3.49. The number of ether oxygens (including phenoxy) is 1. The standard InChI is InChI=1S/C25H33N5O2/c1-4-30(14-15-31)20-10-6-18(7-11-20)28-23-17-25(24(27-3)16-22(23)26)29-19-8-12-21(13-9-19)32-5-2/h6-13,16-17,27-29,31H,4-5,14-15,26H2,1-3H3. The van der Waals surface area contributed by atoms with Crippen LogP contribution in [0.3, 0.4) is 0 Å². The summed E-state index contributed by atoms with van der Waals surface area (Å²) in [5.41, 5.74) is 12.5. The molecule has 0 radical (unpaired) electrons. The summed E-state index contributed by atoms with van der Waals surface area (Å²) in [5.74, 6) is 0.843. The minimum Gasteiger partial charge on any atom is -0.494 e. The topological polar surface area (TPSA) is 94.8 Å². The first kappa shape index (κ1) is 23.1. The second kappa shape index (κ2) is 11.2. The summed E-state index contributed by atoms with van der Waals surface area (Å²) in [6.07, 6.45) is 0. The Kier molecular flexibility index (Phi) is 8.05. The van der Waals surface area contributed by atoms with Crippen LogP contribution in [0.1, 0.15) is 13.8 Å². The molecule has 0 bridgehead atoms. The zero-order valence-corrected chi connectivity index (χ0v) is 19.0. The lowest BCUT2D eigenvalue weighted by atomic mass is 10.1. The highest BCUT2D eigenvalue weighted by atomic mass is 16.5. The van der Waals surface area contributed by atoms with Gasteiger partial charge in [0.15, 0.2) is 0 Å². The molecule has 0 fully saturated rings. The molecule has 7 heteroatoms. The summed E-state index contributed by atoms with van der Waals surface area (Å²) in [4.78, 5) is 2.12. The maximum atomic E-state index is 9.24. The smallest absolute Gasteiger partial charge is 0.119 e. The third-order valence-corrected chi connectivity index (χ3v) is 5.17. The van der Waals surface area contributed by atoms with E-state index in [9.17, 15) is 5.11 Å². The molecule has 3 aromatic carbocycles. The van der Waals surface area contributed by atoms with Gasteiger partial charge in [-0.2, -0.15) is 0 Å². The average Bonchev–Trinajstić information content (AvgIpc) is 2.81. The highest BCUT2D eigenvalue weighted by molar-refractivity contribution is 5.86. The SMILES string of the molecule is CCOc1ccc(Nc2cc(Nc3ccc(N(CC)CCO)cc3)c(N)cc2NC)cc1. The van der Waals surface area contributed by atoms with E-state index in [0.29, 0.717) is 18.8 Å². The first-order chi connectivity index (χ1) is 15.6. The van der Waals surface area contributed by atoms with Crippen molar-refractivity contribution in [2.45, 2.75) is 13.8 Å². The quantitative estimate of drug-likeness (QED) is 0.270. The molecule has 6 N–H and O–H groups in total. The second-order valence-electron chi connectivity index (χ2n) is 7.29. The summed E-state index contributed by atoms with van der Waals surface area (Å²) in [6.45, 7) is 6.27. The van der Waals surface area contributed by atoms with Crippen LogP contribution in [0.2, 0.25) is 0 Å². The summed E-state index contributed by atoms with van der Waals surface area (Å²) < 4.78 is 5.52. The Morgan fingerprint density at radius 2 is 1.50 bits per heavy atom. The van der Waals surface area contributed by atoms with Crippen molar-refractivity contribution >= 4 is 39.8 Å². The molecule has 0 aliphatic heterocycles. The molecule has 3 rings (SSSR count). The largest absolute Gasteiger partial charge is 0.494 e. The van der Waals surface area contributed by atoms with Crippen LogP contribution in [-0.4, -0.2) is 38.5 Å². The third kappa shape index (κ3) is 5.76. The molecule has 32 heavy (non-hydrogen) atoms. The highest BCUT2D eigenvalue weighted by Gasteiger charge is 2.10. The number of hydrogen-bond acceptors (Lipinski definition) is 7. The van der Waals surface area contributed by atoms with E-state index < -0.39 is 0 Å². The fourth-order valence-corrected chi connectivity index (χ4v) is 3.49. The monoisotopic (exact) mass is 435 g/mol. The molecule has 3 aromatic rings. The number of anilines is 7. The molecular weight excluding hydrogens is 402 g/mol. The first-order valence-electron chi connectivity index (χ1n) is 10.9. The van der Waals surface area contributed by atoms with Gasteiger partial charge in [-0.15, -0.1) is 0 Å². The number of nitrogens with one attached hydrogen (secondary N) is 3. The Hall–Kier alpha value is -3.58. The predicted octanol–water partition coefficient (Wildman–Crippen LogP) is 5.02. The van der Waals surface area contributed by atoms with Crippen LogP contribution >= 0.6 is 0 Å². The van der Waals surface area contributed by atoms with E-state index in [2.05, 4.69) is 27.8 Å². The van der Waals surface area contributed by atoms with Gasteiger partial charge in [0.1, 0.15) is 5.75 Å². The van der Waals surface area contributed by atoms with Crippen molar-refractivity contribution in [1.29, 1.82) is 0 Å². The van der Waals surface area contributed by atoms with Crippen molar-refractivity contribution in [1.82, 2.24) is 0 Å². The van der Waals surface area contributed by atoms with Gasteiger partial charge in [0.05, 0.1) is 36.0 Å². The Morgan fingerprint density at radius 3 is 2.06 bits per heavy atom. The van der Waals surface area contributed by atoms with E-state index in [0.717, 1.165) is 46.4 Å². The van der Waals surface area contributed by atoms with Gasteiger partial charge in [-0.1, -0.05) is 0 Å². The Labute approximate surface area is 190 Å². The van der Waals surface area contributed by atoms with E-state index >= 15 is 0 Å². The molecule has 0 amide bonds. The van der Waals surface area contributed by atoms with E-state index in [1.54, 1.807) is 0 Å². The maximum absolute atomic E-state index is 9.24. The Morgan fingerprint density at radius 1 is 0.875 bits per heavy atom. The molecule has 0 unspecified atom stereocenters. The van der Waals surface area contributed by atoms with E-state index in [1.807, 2.05) is 74.6 Å². The van der Waals surface area contributed by atoms with Gasteiger partial charge < -0.3 is 36.4 Å². The van der Waals surface area contributed by atoms with E-state index in [4.69, 9.17) is 10.5 Å². The van der Waals surface area contributed by atoms with Gasteiger partial charge >= 0.3 is 0 Å². The summed E-state index contributed by atoms with van der Waals surface area (Å²) in [5, 5.41) is 19.3. The Bertz CT molecular complexity index is 990. The lowest BCUT2D eigenvalue weighted by Gasteiger charge is -2.22. The van der Waals surface area contributed by atoms with Gasteiger partial charge in [0.25, 0.3) is 0 Å². The molecular formula is C25H33N5O2. The van der Waals surface area contributed by atoms with Crippen molar-refractivity contribution in [2.24, 2.45) is 0 Å². The fraction of sp³-hybridized carbons (Fsp3) is 0.280.